The minimum Gasteiger partial charge on any atom is -0.497 e. The molecule has 140 valence electrons. The zero-order valence-corrected chi connectivity index (χ0v) is 16.1. The summed E-state index contributed by atoms with van der Waals surface area (Å²) in [5, 5.41) is -0.350. The first-order valence-electron chi connectivity index (χ1n) is 8.51. The highest BCUT2D eigenvalue weighted by molar-refractivity contribution is 7.92. The molecule has 0 aliphatic carbocycles. The number of rotatable bonds is 6. The van der Waals surface area contributed by atoms with E-state index < -0.39 is 9.84 Å². The molecule has 0 radical (unpaired) electrons. The maximum atomic E-state index is 12.8. The van der Waals surface area contributed by atoms with E-state index in [-0.39, 0.29) is 22.8 Å². The van der Waals surface area contributed by atoms with Gasteiger partial charge in [-0.3, -0.25) is 4.79 Å². The summed E-state index contributed by atoms with van der Waals surface area (Å²) in [7, 11) is -0.0330. The average Bonchev–Trinajstić information content (AvgIpc) is 2.59. The van der Waals surface area contributed by atoms with Crippen molar-refractivity contribution in [1.82, 2.24) is 4.90 Å². The van der Waals surface area contributed by atoms with Gasteiger partial charge in [-0.1, -0.05) is 13.8 Å². The molecule has 6 nitrogen and oxygen atoms in total. The molecule has 1 aromatic carbocycles. The van der Waals surface area contributed by atoms with Crippen LogP contribution in [0, 0.1) is 5.92 Å². The lowest BCUT2D eigenvalue weighted by Gasteiger charge is -2.32. The van der Waals surface area contributed by atoms with Crippen LogP contribution in [0.1, 0.15) is 37.0 Å². The summed E-state index contributed by atoms with van der Waals surface area (Å²) in [5.41, 5.74) is 0.465. The van der Waals surface area contributed by atoms with Gasteiger partial charge in [0.05, 0.1) is 30.8 Å². The van der Waals surface area contributed by atoms with Gasteiger partial charge < -0.3 is 14.4 Å². The lowest BCUT2D eigenvalue weighted by atomic mass is 10.1. The van der Waals surface area contributed by atoms with E-state index in [9.17, 15) is 13.2 Å². The number of hydrogen-bond donors (Lipinski definition) is 0. The van der Waals surface area contributed by atoms with Crippen LogP contribution >= 0.6 is 0 Å². The molecule has 1 fully saturated rings. The number of likely N-dealkylation sites (tertiary alicyclic amines) is 1. The summed E-state index contributed by atoms with van der Waals surface area (Å²) >= 11 is 0. The second-order valence-corrected chi connectivity index (χ2v) is 9.11. The van der Waals surface area contributed by atoms with Gasteiger partial charge in [0.15, 0.2) is 9.84 Å². The zero-order chi connectivity index (χ0) is 18.6. The molecule has 1 saturated heterocycles. The Labute approximate surface area is 150 Å². The van der Waals surface area contributed by atoms with Crippen molar-refractivity contribution in [3.8, 4) is 11.5 Å². The highest BCUT2D eigenvalue weighted by atomic mass is 32.2. The van der Waals surface area contributed by atoms with E-state index in [1.807, 2.05) is 13.8 Å². The zero-order valence-electron chi connectivity index (χ0n) is 15.3. The van der Waals surface area contributed by atoms with E-state index in [4.69, 9.17) is 9.47 Å². The van der Waals surface area contributed by atoms with Crippen LogP contribution in [0.3, 0.4) is 0 Å². The predicted molar refractivity (Wildman–Crippen MR) is 97.1 cm³/mol. The number of ether oxygens (including phenoxy) is 2. The fraction of sp³-hybridized carbons (Fsp3) is 0.611. The summed E-state index contributed by atoms with van der Waals surface area (Å²) in [5.74, 6) is 1.26. The van der Waals surface area contributed by atoms with Crippen molar-refractivity contribution in [2.45, 2.75) is 31.9 Å². The molecular formula is C18H27NO5S. The first-order chi connectivity index (χ1) is 11.8. The number of sulfone groups is 1. The Hall–Kier alpha value is -1.76. The Kier molecular flexibility index (Phi) is 6.32. The molecule has 1 amide bonds. The van der Waals surface area contributed by atoms with Gasteiger partial charge in [-0.25, -0.2) is 8.42 Å². The Balaban J connectivity index is 2.07. The van der Waals surface area contributed by atoms with Crippen molar-refractivity contribution in [3.63, 3.8) is 0 Å². The van der Waals surface area contributed by atoms with Crippen molar-refractivity contribution in [2.24, 2.45) is 5.92 Å². The minimum atomic E-state index is -3.10. The summed E-state index contributed by atoms with van der Waals surface area (Å²) in [6.45, 7) is 4.70. The number of nitrogens with zero attached hydrogens (tertiary/aromatic N) is 1. The largest absolute Gasteiger partial charge is 0.497 e. The minimum absolute atomic E-state index is 0.119. The van der Waals surface area contributed by atoms with E-state index in [1.165, 1.54) is 7.11 Å². The molecule has 0 bridgehead atoms. The summed E-state index contributed by atoms with van der Waals surface area (Å²) < 4.78 is 35.2. The molecule has 0 spiro atoms. The molecule has 7 heteroatoms. The maximum Gasteiger partial charge on any atom is 0.257 e. The molecule has 25 heavy (non-hydrogen) atoms. The smallest absolute Gasteiger partial charge is 0.257 e. The third kappa shape index (κ3) is 4.66. The highest BCUT2D eigenvalue weighted by Crippen LogP contribution is 2.28. The molecule has 0 N–H and O–H groups in total. The molecule has 0 aromatic heterocycles. The van der Waals surface area contributed by atoms with Gasteiger partial charge in [0.25, 0.3) is 5.91 Å². The monoisotopic (exact) mass is 369 g/mol. The normalized spacial score (nSPS) is 16.1. The van der Waals surface area contributed by atoms with Gasteiger partial charge in [0.2, 0.25) is 0 Å². The molecule has 2 rings (SSSR count). The van der Waals surface area contributed by atoms with Gasteiger partial charge in [-0.2, -0.15) is 0 Å². The Morgan fingerprint density at radius 3 is 2.36 bits per heavy atom. The number of hydrogen-bond acceptors (Lipinski definition) is 5. The first kappa shape index (κ1) is 19.6. The lowest BCUT2D eigenvalue weighted by Crippen LogP contribution is -2.43. The first-order valence-corrected chi connectivity index (χ1v) is 10.2. The Bertz CT molecular complexity index is 706. The number of carbonyl (C=O) groups excluding carboxylic acids is 1. The van der Waals surface area contributed by atoms with Crippen molar-refractivity contribution in [3.05, 3.63) is 23.8 Å². The standard InChI is InChI=1S/C18H27NO5S/c1-13(2)12-25(21,22)15-7-9-19(10-8-15)18(20)16-6-5-14(23-3)11-17(16)24-4/h5-6,11,13,15H,7-10,12H2,1-4H3. The number of benzene rings is 1. The van der Waals surface area contributed by atoms with Gasteiger partial charge >= 0.3 is 0 Å². The van der Waals surface area contributed by atoms with Crippen molar-refractivity contribution < 1.29 is 22.7 Å². The van der Waals surface area contributed by atoms with Crippen LogP contribution in [-0.4, -0.2) is 57.5 Å². The number of carbonyl (C=O) groups is 1. The van der Waals surface area contributed by atoms with Crippen LogP contribution in [0.5, 0.6) is 11.5 Å². The van der Waals surface area contributed by atoms with Crippen LogP contribution in [-0.2, 0) is 9.84 Å². The van der Waals surface area contributed by atoms with E-state index >= 15 is 0 Å². The molecular weight excluding hydrogens is 342 g/mol. The van der Waals surface area contributed by atoms with Crippen LogP contribution in [0.4, 0.5) is 0 Å². The van der Waals surface area contributed by atoms with Crippen LogP contribution in [0.15, 0.2) is 18.2 Å². The van der Waals surface area contributed by atoms with Gasteiger partial charge in [0.1, 0.15) is 11.5 Å². The molecule has 0 atom stereocenters. The second kappa shape index (κ2) is 8.08. The average molecular weight is 369 g/mol. The second-order valence-electron chi connectivity index (χ2n) is 6.78. The van der Waals surface area contributed by atoms with Crippen molar-refractivity contribution in [2.75, 3.05) is 33.1 Å². The Morgan fingerprint density at radius 1 is 1.20 bits per heavy atom. The van der Waals surface area contributed by atoms with E-state index in [1.54, 1.807) is 30.2 Å². The van der Waals surface area contributed by atoms with Gasteiger partial charge in [-0.15, -0.1) is 0 Å². The maximum absolute atomic E-state index is 12.8. The Morgan fingerprint density at radius 2 is 1.84 bits per heavy atom. The number of amides is 1. The highest BCUT2D eigenvalue weighted by Gasteiger charge is 2.32. The lowest BCUT2D eigenvalue weighted by molar-refractivity contribution is 0.0722. The van der Waals surface area contributed by atoms with E-state index in [0.29, 0.717) is 43.0 Å². The van der Waals surface area contributed by atoms with Crippen LogP contribution < -0.4 is 9.47 Å². The fourth-order valence-electron chi connectivity index (χ4n) is 3.16. The summed E-state index contributed by atoms with van der Waals surface area (Å²) in [4.78, 5) is 14.5. The third-order valence-corrected chi connectivity index (χ3v) is 7.06. The molecule has 0 unspecified atom stereocenters. The van der Waals surface area contributed by atoms with E-state index in [0.717, 1.165) is 0 Å². The van der Waals surface area contributed by atoms with Crippen molar-refractivity contribution in [1.29, 1.82) is 0 Å². The number of methoxy groups -OCH3 is 2. The SMILES string of the molecule is COc1ccc(C(=O)N2CCC(S(=O)(=O)CC(C)C)CC2)c(OC)c1. The molecule has 0 saturated carbocycles. The van der Waals surface area contributed by atoms with E-state index in [2.05, 4.69) is 0 Å². The molecule has 1 aliphatic heterocycles. The molecule has 1 heterocycles. The van der Waals surface area contributed by atoms with Crippen LogP contribution in [0.2, 0.25) is 0 Å². The molecule has 1 aromatic rings. The topological polar surface area (TPSA) is 72.9 Å². The fourth-order valence-corrected chi connectivity index (χ4v) is 5.29. The quantitative estimate of drug-likeness (QED) is 0.770. The predicted octanol–water partition coefficient (Wildman–Crippen LogP) is 2.38. The molecule has 1 aliphatic rings. The van der Waals surface area contributed by atoms with Crippen molar-refractivity contribution >= 4 is 15.7 Å². The summed E-state index contributed by atoms with van der Waals surface area (Å²) in [6, 6.07) is 5.07. The van der Waals surface area contributed by atoms with Gasteiger partial charge in [0, 0.05) is 19.2 Å². The van der Waals surface area contributed by atoms with Gasteiger partial charge in [-0.05, 0) is 30.9 Å². The van der Waals surface area contributed by atoms with Crippen LogP contribution in [0.25, 0.3) is 0 Å². The summed E-state index contributed by atoms with van der Waals surface area (Å²) in [6.07, 6.45) is 0.971. The number of piperidine rings is 1. The third-order valence-electron chi connectivity index (χ3n) is 4.44.